The van der Waals surface area contributed by atoms with Gasteiger partial charge in [0, 0.05) is 12.6 Å². The maximum atomic E-state index is 13.1. The summed E-state index contributed by atoms with van der Waals surface area (Å²) >= 11 is 0. The minimum Gasteiger partial charge on any atom is -0.467 e. The summed E-state index contributed by atoms with van der Waals surface area (Å²) in [4.78, 5) is 41.8. The van der Waals surface area contributed by atoms with Crippen LogP contribution in [0, 0.1) is 5.41 Å². The van der Waals surface area contributed by atoms with E-state index in [1.54, 1.807) is 6.92 Å². The maximum absolute atomic E-state index is 13.1. The number of hydrogen-bond acceptors (Lipinski definition) is 6. The number of carbonyl (C=O) groups excluding carboxylic acids is 3. The van der Waals surface area contributed by atoms with Crippen molar-refractivity contribution < 1.29 is 23.9 Å². The van der Waals surface area contributed by atoms with Gasteiger partial charge in [-0.25, -0.2) is 4.79 Å². The minimum absolute atomic E-state index is 0.0679. The Morgan fingerprint density at radius 1 is 1.24 bits per heavy atom. The fourth-order valence-corrected chi connectivity index (χ4v) is 3.89. The van der Waals surface area contributed by atoms with Gasteiger partial charge in [-0.1, -0.05) is 30.3 Å². The van der Waals surface area contributed by atoms with Crippen LogP contribution in [0.1, 0.15) is 58.1 Å². The maximum Gasteiger partial charge on any atom is 0.328 e. The molecule has 0 aliphatic heterocycles. The van der Waals surface area contributed by atoms with Crippen molar-refractivity contribution in [1.82, 2.24) is 5.32 Å². The van der Waals surface area contributed by atoms with Gasteiger partial charge in [0.05, 0.1) is 19.8 Å². The van der Waals surface area contributed by atoms with E-state index in [4.69, 9.17) is 14.5 Å². The number of nitrogens with one attached hydrogen (secondary N) is 1. The molecule has 0 spiro atoms. The summed E-state index contributed by atoms with van der Waals surface area (Å²) in [6.07, 6.45) is 1.98. The van der Waals surface area contributed by atoms with Crippen LogP contribution in [-0.4, -0.2) is 43.3 Å². The van der Waals surface area contributed by atoms with Crippen LogP contribution in [-0.2, 0) is 23.9 Å². The van der Waals surface area contributed by atoms with Crippen LogP contribution in [0.4, 0.5) is 0 Å². The van der Waals surface area contributed by atoms with Gasteiger partial charge in [-0.15, -0.1) is 0 Å². The number of methoxy groups -OCH3 is 1. The minimum atomic E-state index is -1.06. The Labute approximate surface area is 171 Å². The van der Waals surface area contributed by atoms with Crippen molar-refractivity contribution in [3.8, 4) is 0 Å². The molecule has 1 aromatic rings. The van der Waals surface area contributed by atoms with Crippen LogP contribution in [0.15, 0.2) is 35.3 Å². The van der Waals surface area contributed by atoms with Crippen LogP contribution in [0.25, 0.3) is 0 Å². The SMILES string of the molecule is CCOC(=O)[C@]1(C[C@H](NC(C)=O)C(=O)OC)CCCC1=N[C@@H](C)c1ccccc1. The van der Waals surface area contributed by atoms with Crippen molar-refractivity contribution in [3.63, 3.8) is 0 Å². The lowest BCUT2D eigenvalue weighted by molar-refractivity contribution is -0.153. The van der Waals surface area contributed by atoms with E-state index < -0.39 is 23.4 Å². The Bertz CT molecular complexity index is 762. The molecule has 3 atom stereocenters. The molecule has 0 saturated heterocycles. The van der Waals surface area contributed by atoms with E-state index in [1.807, 2.05) is 37.3 Å². The van der Waals surface area contributed by atoms with E-state index >= 15 is 0 Å². The Balaban J connectivity index is 2.43. The Hall–Kier alpha value is -2.70. The molecule has 1 fully saturated rings. The highest BCUT2D eigenvalue weighted by Crippen LogP contribution is 2.42. The van der Waals surface area contributed by atoms with Crippen molar-refractivity contribution in [2.45, 2.75) is 58.5 Å². The van der Waals surface area contributed by atoms with Gasteiger partial charge in [-0.05, 0) is 45.1 Å². The molecule has 2 rings (SSSR count). The monoisotopic (exact) mass is 402 g/mol. The Morgan fingerprint density at radius 3 is 2.52 bits per heavy atom. The molecular formula is C22H30N2O5. The highest BCUT2D eigenvalue weighted by atomic mass is 16.5. The third kappa shape index (κ3) is 5.43. The van der Waals surface area contributed by atoms with Crippen LogP contribution < -0.4 is 5.32 Å². The number of amides is 1. The lowest BCUT2D eigenvalue weighted by Gasteiger charge is -2.31. The first-order valence-electron chi connectivity index (χ1n) is 9.98. The van der Waals surface area contributed by atoms with E-state index in [0.717, 1.165) is 12.0 Å². The normalized spacial score (nSPS) is 22.0. The van der Waals surface area contributed by atoms with Crippen molar-refractivity contribution in [3.05, 3.63) is 35.9 Å². The molecule has 1 aliphatic carbocycles. The van der Waals surface area contributed by atoms with Gasteiger partial charge in [0.2, 0.25) is 5.91 Å². The Kier molecular flexibility index (Phi) is 7.93. The van der Waals surface area contributed by atoms with Crippen LogP contribution in [0.5, 0.6) is 0 Å². The molecule has 0 aromatic heterocycles. The van der Waals surface area contributed by atoms with Crippen molar-refractivity contribution in [1.29, 1.82) is 0 Å². The number of rotatable bonds is 8. The second-order valence-electron chi connectivity index (χ2n) is 7.30. The topological polar surface area (TPSA) is 94.1 Å². The van der Waals surface area contributed by atoms with Gasteiger partial charge < -0.3 is 14.8 Å². The lowest BCUT2D eigenvalue weighted by Crippen LogP contribution is -2.48. The van der Waals surface area contributed by atoms with Gasteiger partial charge in [0.1, 0.15) is 11.5 Å². The predicted molar refractivity (Wildman–Crippen MR) is 109 cm³/mol. The number of nitrogens with zero attached hydrogens (tertiary/aromatic N) is 1. The largest absolute Gasteiger partial charge is 0.467 e. The number of hydrogen-bond donors (Lipinski definition) is 1. The molecule has 29 heavy (non-hydrogen) atoms. The first kappa shape index (κ1) is 22.6. The summed E-state index contributed by atoms with van der Waals surface area (Å²) in [6, 6.07) is 8.73. The molecule has 0 radical (unpaired) electrons. The first-order chi connectivity index (χ1) is 13.8. The van der Waals surface area contributed by atoms with Gasteiger partial charge in [-0.3, -0.25) is 14.6 Å². The molecule has 7 heteroatoms. The van der Waals surface area contributed by atoms with Crippen LogP contribution in [0.2, 0.25) is 0 Å². The second-order valence-corrected chi connectivity index (χ2v) is 7.30. The zero-order valence-corrected chi connectivity index (χ0v) is 17.6. The molecule has 1 aliphatic rings. The van der Waals surface area contributed by atoms with Crippen molar-refractivity contribution in [2.24, 2.45) is 10.4 Å². The number of aliphatic imine (C=N–C) groups is 1. The molecule has 0 unspecified atom stereocenters. The molecule has 1 N–H and O–H groups in total. The summed E-state index contributed by atoms with van der Waals surface area (Å²) in [7, 11) is 1.26. The lowest BCUT2D eigenvalue weighted by atomic mass is 9.78. The number of ether oxygens (including phenoxy) is 2. The molecule has 0 heterocycles. The molecular weight excluding hydrogens is 372 g/mol. The summed E-state index contributed by atoms with van der Waals surface area (Å²) in [5, 5.41) is 2.61. The fourth-order valence-electron chi connectivity index (χ4n) is 3.89. The van der Waals surface area contributed by atoms with Crippen molar-refractivity contribution in [2.75, 3.05) is 13.7 Å². The molecule has 0 bridgehead atoms. The van der Waals surface area contributed by atoms with E-state index in [9.17, 15) is 14.4 Å². The van der Waals surface area contributed by atoms with E-state index in [-0.39, 0.29) is 25.0 Å². The average Bonchev–Trinajstić information content (AvgIpc) is 3.10. The van der Waals surface area contributed by atoms with Crippen LogP contribution >= 0.6 is 0 Å². The summed E-state index contributed by atoms with van der Waals surface area (Å²) in [6.45, 7) is 5.27. The fraction of sp³-hybridized carbons (Fsp3) is 0.545. The molecule has 7 nitrogen and oxygen atoms in total. The number of carbonyl (C=O) groups is 3. The summed E-state index contributed by atoms with van der Waals surface area (Å²) < 4.78 is 10.2. The van der Waals surface area contributed by atoms with Gasteiger partial charge in [-0.2, -0.15) is 0 Å². The average molecular weight is 402 g/mol. The van der Waals surface area contributed by atoms with E-state index in [1.165, 1.54) is 14.0 Å². The van der Waals surface area contributed by atoms with Crippen LogP contribution in [0.3, 0.4) is 0 Å². The standard InChI is InChI=1S/C22H30N2O5/c1-5-29-21(27)22(14-18(20(26)28-4)24-16(3)25)13-9-12-19(22)23-15(2)17-10-7-6-8-11-17/h6-8,10-11,15,18H,5,9,12-14H2,1-4H3,(H,24,25)/t15-,18-,22-/m0/s1. The first-order valence-corrected chi connectivity index (χ1v) is 9.98. The smallest absolute Gasteiger partial charge is 0.328 e. The van der Waals surface area contributed by atoms with Gasteiger partial charge >= 0.3 is 11.9 Å². The summed E-state index contributed by atoms with van der Waals surface area (Å²) in [5.74, 6) is -1.37. The zero-order chi connectivity index (χ0) is 21.4. The highest BCUT2D eigenvalue weighted by molar-refractivity contribution is 6.08. The Morgan fingerprint density at radius 2 is 1.93 bits per heavy atom. The van der Waals surface area contributed by atoms with Gasteiger partial charge in [0.25, 0.3) is 0 Å². The third-order valence-corrected chi connectivity index (χ3v) is 5.28. The molecule has 1 saturated carbocycles. The molecule has 158 valence electrons. The quantitative estimate of drug-likeness (QED) is 0.675. The zero-order valence-electron chi connectivity index (χ0n) is 17.6. The van der Waals surface area contributed by atoms with E-state index in [2.05, 4.69) is 5.32 Å². The van der Waals surface area contributed by atoms with Gasteiger partial charge in [0.15, 0.2) is 0 Å². The predicted octanol–water partition coefficient (Wildman–Crippen LogP) is 2.99. The number of esters is 2. The molecule has 1 aromatic carbocycles. The highest BCUT2D eigenvalue weighted by Gasteiger charge is 2.50. The second kappa shape index (κ2) is 10.2. The van der Waals surface area contributed by atoms with E-state index in [0.29, 0.717) is 18.6 Å². The van der Waals surface area contributed by atoms with Crippen molar-refractivity contribution >= 4 is 23.6 Å². The molecule has 1 amide bonds. The summed E-state index contributed by atoms with van der Waals surface area (Å²) in [5.41, 5.74) is 0.697. The number of benzene rings is 1. The third-order valence-electron chi connectivity index (χ3n) is 5.28.